The Balaban J connectivity index is 0.000000550. The van der Waals surface area contributed by atoms with E-state index in [-0.39, 0.29) is 22.8 Å². The van der Waals surface area contributed by atoms with Gasteiger partial charge in [-0.1, -0.05) is 11.6 Å². The van der Waals surface area contributed by atoms with Crippen molar-refractivity contribution in [2.45, 2.75) is 19.6 Å². The number of carbonyl (C=O) groups is 1. The van der Waals surface area contributed by atoms with Crippen molar-refractivity contribution >= 4 is 23.8 Å². The van der Waals surface area contributed by atoms with E-state index in [1.165, 1.54) is 29.0 Å². The van der Waals surface area contributed by atoms with E-state index in [9.17, 15) is 28.1 Å². The van der Waals surface area contributed by atoms with E-state index in [4.69, 9.17) is 11.6 Å². The molecule has 0 atom stereocenters. The van der Waals surface area contributed by atoms with E-state index in [0.29, 0.717) is 13.1 Å². The lowest BCUT2D eigenvalue weighted by molar-refractivity contribution is -0.385. The highest BCUT2D eigenvalue weighted by Gasteiger charge is 2.31. The van der Waals surface area contributed by atoms with Gasteiger partial charge in [0.1, 0.15) is 0 Å². The number of benzene rings is 1. The predicted octanol–water partition coefficient (Wildman–Crippen LogP) is 4.30. The van der Waals surface area contributed by atoms with Gasteiger partial charge < -0.3 is 9.30 Å². The van der Waals surface area contributed by atoms with Gasteiger partial charge in [0.05, 0.1) is 29.2 Å². The van der Waals surface area contributed by atoms with Crippen LogP contribution in [0.2, 0.25) is 5.02 Å². The third-order valence-corrected chi connectivity index (χ3v) is 3.14. The zero-order chi connectivity index (χ0) is 19.0. The standard InChI is InChI=1S/C12H8ClF3N2O2.C3H6O2/c13-10-1-2-11(18(19)20)8(5-10)6-17-4-3-9(7-17)12(14,15)16;1-2-5-3-4/h1-5,7H,6H2;3H,2H2,1H3. The number of aromatic nitrogens is 1. The molecule has 0 fully saturated rings. The lowest BCUT2D eigenvalue weighted by Gasteiger charge is -2.06. The van der Waals surface area contributed by atoms with Crippen LogP contribution in [0.1, 0.15) is 18.1 Å². The van der Waals surface area contributed by atoms with Crippen molar-refractivity contribution in [1.82, 2.24) is 4.57 Å². The normalized spacial score (nSPS) is 10.6. The Morgan fingerprint density at radius 2 is 2.04 bits per heavy atom. The van der Waals surface area contributed by atoms with Gasteiger partial charge in [-0.05, 0) is 25.1 Å². The zero-order valence-electron chi connectivity index (χ0n) is 13.0. The molecule has 6 nitrogen and oxygen atoms in total. The van der Waals surface area contributed by atoms with Crippen LogP contribution in [0.5, 0.6) is 0 Å². The fourth-order valence-electron chi connectivity index (χ4n) is 1.83. The van der Waals surface area contributed by atoms with Crippen LogP contribution in [0.3, 0.4) is 0 Å². The second kappa shape index (κ2) is 9.07. The number of nitro groups is 1. The molecule has 0 aliphatic heterocycles. The number of rotatable bonds is 5. The fourth-order valence-corrected chi connectivity index (χ4v) is 2.03. The monoisotopic (exact) mass is 378 g/mol. The van der Waals surface area contributed by atoms with Crippen molar-refractivity contribution in [2.75, 3.05) is 6.61 Å². The molecule has 0 aliphatic rings. The van der Waals surface area contributed by atoms with Crippen molar-refractivity contribution in [1.29, 1.82) is 0 Å². The van der Waals surface area contributed by atoms with Gasteiger partial charge in [0.2, 0.25) is 0 Å². The Morgan fingerprint density at radius 1 is 1.36 bits per heavy atom. The lowest BCUT2D eigenvalue weighted by Crippen LogP contribution is -2.04. The highest BCUT2D eigenvalue weighted by molar-refractivity contribution is 6.30. The second-order valence-corrected chi connectivity index (χ2v) is 5.09. The highest BCUT2D eigenvalue weighted by Crippen LogP contribution is 2.30. The Kier molecular flexibility index (Phi) is 7.43. The lowest BCUT2D eigenvalue weighted by atomic mass is 10.2. The number of halogens is 4. The molecule has 0 aliphatic carbocycles. The van der Waals surface area contributed by atoms with Crippen LogP contribution in [0.25, 0.3) is 0 Å². The number of nitro benzene ring substituents is 1. The first-order chi connectivity index (χ1) is 11.7. The zero-order valence-corrected chi connectivity index (χ0v) is 13.8. The number of hydrogen-bond acceptors (Lipinski definition) is 4. The second-order valence-electron chi connectivity index (χ2n) is 4.65. The van der Waals surface area contributed by atoms with Gasteiger partial charge in [-0.2, -0.15) is 13.2 Å². The number of carbonyl (C=O) groups excluding carboxylic acids is 1. The summed E-state index contributed by atoms with van der Waals surface area (Å²) in [5, 5.41) is 11.1. The minimum absolute atomic E-state index is 0.0625. The van der Waals surface area contributed by atoms with Gasteiger partial charge in [0.15, 0.2) is 0 Å². The molecule has 0 unspecified atom stereocenters. The predicted molar refractivity (Wildman–Crippen MR) is 84.3 cm³/mol. The van der Waals surface area contributed by atoms with Crippen molar-refractivity contribution in [3.8, 4) is 0 Å². The Labute approximate surface area is 145 Å². The van der Waals surface area contributed by atoms with Gasteiger partial charge in [0, 0.05) is 23.5 Å². The summed E-state index contributed by atoms with van der Waals surface area (Å²) >= 11 is 5.75. The molecule has 2 rings (SSSR count). The SMILES string of the molecule is CCOC=O.O=[N+]([O-])c1ccc(Cl)cc1Cn1ccc(C(F)(F)F)c1. The van der Waals surface area contributed by atoms with E-state index in [2.05, 4.69) is 4.74 Å². The average Bonchev–Trinajstić information content (AvgIpc) is 2.97. The molecule has 0 saturated heterocycles. The van der Waals surface area contributed by atoms with E-state index < -0.39 is 16.7 Å². The van der Waals surface area contributed by atoms with E-state index in [1.54, 1.807) is 6.92 Å². The maximum atomic E-state index is 12.5. The molecule has 0 saturated carbocycles. The molecule has 0 N–H and O–H groups in total. The molecule has 10 heteroatoms. The minimum Gasteiger partial charge on any atom is -0.468 e. The molecular formula is C15H14ClF3N2O4. The van der Waals surface area contributed by atoms with Gasteiger partial charge in [-0.15, -0.1) is 0 Å². The van der Waals surface area contributed by atoms with Gasteiger partial charge in [-0.3, -0.25) is 14.9 Å². The third-order valence-electron chi connectivity index (χ3n) is 2.90. The van der Waals surface area contributed by atoms with E-state index >= 15 is 0 Å². The van der Waals surface area contributed by atoms with Crippen LogP contribution in [0.4, 0.5) is 18.9 Å². The van der Waals surface area contributed by atoms with Crippen LogP contribution in [0.15, 0.2) is 36.7 Å². The molecule has 0 amide bonds. The number of nitrogens with zero attached hydrogens (tertiary/aromatic N) is 2. The minimum atomic E-state index is -4.44. The van der Waals surface area contributed by atoms with Crippen LogP contribution in [-0.4, -0.2) is 22.6 Å². The number of hydrogen-bond donors (Lipinski definition) is 0. The van der Waals surface area contributed by atoms with E-state index in [0.717, 1.165) is 12.3 Å². The Morgan fingerprint density at radius 3 is 2.48 bits per heavy atom. The summed E-state index contributed by atoms with van der Waals surface area (Å²) in [6, 6.07) is 4.87. The maximum absolute atomic E-state index is 12.5. The fraction of sp³-hybridized carbons (Fsp3) is 0.267. The first-order valence-corrected chi connectivity index (χ1v) is 7.27. The van der Waals surface area contributed by atoms with Crippen LogP contribution in [0, 0.1) is 10.1 Å². The molecule has 0 spiro atoms. The summed E-state index contributed by atoms with van der Waals surface area (Å²) in [6.07, 6.45) is -2.33. The summed E-state index contributed by atoms with van der Waals surface area (Å²) in [4.78, 5) is 19.4. The molecule has 2 aromatic rings. The van der Waals surface area contributed by atoms with Crippen molar-refractivity contribution in [3.63, 3.8) is 0 Å². The molecule has 1 heterocycles. The Bertz CT molecular complexity index is 732. The largest absolute Gasteiger partial charge is 0.468 e. The van der Waals surface area contributed by atoms with Crippen molar-refractivity contribution in [3.05, 3.63) is 62.9 Å². The third kappa shape index (κ3) is 6.46. The smallest absolute Gasteiger partial charge is 0.417 e. The summed E-state index contributed by atoms with van der Waals surface area (Å²) < 4.78 is 42.8. The summed E-state index contributed by atoms with van der Waals surface area (Å²) in [7, 11) is 0. The molecule has 1 aromatic heterocycles. The molecule has 25 heavy (non-hydrogen) atoms. The first-order valence-electron chi connectivity index (χ1n) is 6.90. The van der Waals surface area contributed by atoms with Crippen LogP contribution in [-0.2, 0) is 22.3 Å². The molecular weight excluding hydrogens is 365 g/mol. The van der Waals surface area contributed by atoms with Gasteiger partial charge >= 0.3 is 6.18 Å². The molecule has 0 radical (unpaired) electrons. The van der Waals surface area contributed by atoms with Crippen LogP contribution < -0.4 is 0 Å². The highest BCUT2D eigenvalue weighted by atomic mass is 35.5. The maximum Gasteiger partial charge on any atom is 0.417 e. The quantitative estimate of drug-likeness (QED) is 0.442. The molecule has 0 bridgehead atoms. The van der Waals surface area contributed by atoms with Gasteiger partial charge in [-0.25, -0.2) is 0 Å². The van der Waals surface area contributed by atoms with Gasteiger partial charge in [0.25, 0.3) is 12.2 Å². The summed E-state index contributed by atoms with van der Waals surface area (Å²) in [5.41, 5.74) is -0.745. The Hall–Kier alpha value is -2.55. The molecule has 136 valence electrons. The van der Waals surface area contributed by atoms with Crippen molar-refractivity contribution < 1.29 is 27.6 Å². The summed E-state index contributed by atoms with van der Waals surface area (Å²) in [5.74, 6) is 0. The molecule has 1 aromatic carbocycles. The van der Waals surface area contributed by atoms with Crippen molar-refractivity contribution in [2.24, 2.45) is 0 Å². The van der Waals surface area contributed by atoms with Crippen LogP contribution >= 0.6 is 11.6 Å². The summed E-state index contributed by atoms with van der Waals surface area (Å²) in [6.45, 7) is 2.60. The number of ether oxygens (including phenoxy) is 1. The van der Waals surface area contributed by atoms with E-state index in [1.807, 2.05) is 0 Å². The number of alkyl halides is 3. The average molecular weight is 379 g/mol. The first kappa shape index (κ1) is 20.5. The topological polar surface area (TPSA) is 74.4 Å².